The Morgan fingerprint density at radius 3 is 2.57 bits per heavy atom. The molecule has 30 heavy (non-hydrogen) atoms. The molecule has 0 spiro atoms. The number of hydrogen-bond acceptors (Lipinski definition) is 7. The van der Waals surface area contributed by atoms with E-state index in [0.29, 0.717) is 17.4 Å². The van der Waals surface area contributed by atoms with E-state index in [-0.39, 0.29) is 0 Å². The van der Waals surface area contributed by atoms with Crippen molar-refractivity contribution in [2.24, 2.45) is 0 Å². The van der Waals surface area contributed by atoms with Gasteiger partial charge in [0.05, 0.1) is 11.4 Å². The molecular weight excluding hydrogens is 422 g/mol. The Kier molecular flexibility index (Phi) is 6.73. The predicted molar refractivity (Wildman–Crippen MR) is 116 cm³/mol. The van der Waals surface area contributed by atoms with Crippen LogP contribution in [0.1, 0.15) is 12.2 Å². The standard InChI is InChI=1S/C20H20ClN7OS/c1-29-13-5-12-27-19(15-8-10-16(21)11-9-15)23-24-20(27)30-14-18-22-25-26-28(18)17-6-3-2-4-7-17/h2-4,6-11H,5,12-14H2,1H3. The number of hydrogen-bond donors (Lipinski definition) is 0. The van der Waals surface area contributed by atoms with Crippen molar-refractivity contribution in [2.45, 2.75) is 23.9 Å². The zero-order valence-electron chi connectivity index (χ0n) is 16.3. The topological polar surface area (TPSA) is 83.5 Å². The van der Waals surface area contributed by atoms with Crippen LogP contribution in [0.4, 0.5) is 0 Å². The number of benzene rings is 2. The molecule has 0 amide bonds. The van der Waals surface area contributed by atoms with Gasteiger partial charge in [0, 0.05) is 30.8 Å². The van der Waals surface area contributed by atoms with Crippen molar-refractivity contribution < 1.29 is 4.74 Å². The number of aromatic nitrogens is 7. The smallest absolute Gasteiger partial charge is 0.191 e. The van der Waals surface area contributed by atoms with E-state index in [2.05, 4.69) is 30.3 Å². The molecule has 2 heterocycles. The van der Waals surface area contributed by atoms with Crippen LogP contribution in [0.25, 0.3) is 17.1 Å². The zero-order valence-corrected chi connectivity index (χ0v) is 17.9. The van der Waals surface area contributed by atoms with Crippen LogP contribution in [-0.2, 0) is 17.0 Å². The first-order valence-electron chi connectivity index (χ1n) is 9.40. The number of methoxy groups -OCH3 is 1. The quantitative estimate of drug-likeness (QED) is 0.287. The maximum Gasteiger partial charge on any atom is 0.191 e. The van der Waals surface area contributed by atoms with Crippen LogP contribution in [0.3, 0.4) is 0 Å². The van der Waals surface area contributed by atoms with E-state index in [1.54, 1.807) is 23.6 Å². The first-order chi connectivity index (χ1) is 14.8. The fourth-order valence-electron chi connectivity index (χ4n) is 2.97. The maximum absolute atomic E-state index is 6.03. The van der Waals surface area contributed by atoms with Gasteiger partial charge in [-0.1, -0.05) is 41.6 Å². The third-order valence-corrected chi connectivity index (χ3v) is 5.63. The van der Waals surface area contributed by atoms with Crippen molar-refractivity contribution in [3.63, 3.8) is 0 Å². The summed E-state index contributed by atoms with van der Waals surface area (Å²) < 4.78 is 9.05. The minimum absolute atomic E-state index is 0.560. The van der Waals surface area contributed by atoms with Crippen molar-refractivity contribution >= 4 is 23.4 Å². The highest BCUT2D eigenvalue weighted by Gasteiger charge is 2.16. The lowest BCUT2D eigenvalue weighted by Gasteiger charge is -2.10. The van der Waals surface area contributed by atoms with Gasteiger partial charge in [-0.15, -0.1) is 15.3 Å². The van der Waals surface area contributed by atoms with Crippen LogP contribution in [-0.4, -0.2) is 48.7 Å². The van der Waals surface area contributed by atoms with Gasteiger partial charge >= 0.3 is 0 Å². The number of halogens is 1. The molecule has 8 nitrogen and oxygen atoms in total. The Morgan fingerprint density at radius 2 is 1.80 bits per heavy atom. The summed E-state index contributed by atoms with van der Waals surface area (Å²) in [7, 11) is 1.70. The van der Waals surface area contributed by atoms with Gasteiger partial charge in [0.1, 0.15) is 0 Å². The summed E-state index contributed by atoms with van der Waals surface area (Å²) in [5, 5.41) is 22.5. The Labute approximate surface area is 183 Å². The molecule has 0 aliphatic carbocycles. The number of ether oxygens (including phenoxy) is 1. The Hall–Kier alpha value is -2.75. The third-order valence-electron chi connectivity index (χ3n) is 4.41. The first-order valence-corrected chi connectivity index (χ1v) is 10.8. The normalized spacial score (nSPS) is 11.1. The van der Waals surface area contributed by atoms with Gasteiger partial charge in [-0.05, 0) is 53.2 Å². The lowest BCUT2D eigenvalue weighted by molar-refractivity contribution is 0.189. The molecule has 0 aliphatic rings. The average molecular weight is 442 g/mol. The molecule has 0 aliphatic heterocycles. The molecule has 0 radical (unpaired) electrons. The number of rotatable bonds is 9. The monoisotopic (exact) mass is 441 g/mol. The summed E-state index contributed by atoms with van der Waals surface area (Å²) in [6.45, 7) is 1.40. The van der Waals surface area contributed by atoms with E-state index >= 15 is 0 Å². The van der Waals surface area contributed by atoms with Crippen molar-refractivity contribution in [2.75, 3.05) is 13.7 Å². The summed E-state index contributed by atoms with van der Waals surface area (Å²) in [6, 6.07) is 17.4. The van der Waals surface area contributed by atoms with E-state index in [4.69, 9.17) is 16.3 Å². The van der Waals surface area contributed by atoms with Gasteiger partial charge in [0.2, 0.25) is 0 Å². The SMILES string of the molecule is COCCCn1c(SCc2nnnn2-c2ccccc2)nnc1-c1ccc(Cl)cc1. The highest BCUT2D eigenvalue weighted by atomic mass is 35.5. The lowest BCUT2D eigenvalue weighted by Crippen LogP contribution is -2.06. The van der Waals surface area contributed by atoms with Crippen LogP contribution in [0.5, 0.6) is 0 Å². The number of nitrogens with zero attached hydrogens (tertiary/aromatic N) is 7. The predicted octanol–water partition coefficient (Wildman–Crippen LogP) is 3.90. The van der Waals surface area contributed by atoms with Crippen molar-refractivity contribution in [3.8, 4) is 17.1 Å². The molecule has 0 saturated heterocycles. The molecule has 0 bridgehead atoms. The molecule has 0 saturated carbocycles. The third kappa shape index (κ3) is 4.69. The van der Waals surface area contributed by atoms with Gasteiger partial charge in [-0.2, -0.15) is 4.68 Å². The van der Waals surface area contributed by atoms with Crippen molar-refractivity contribution in [1.29, 1.82) is 0 Å². The molecular formula is C20H20ClN7OS. The lowest BCUT2D eigenvalue weighted by atomic mass is 10.2. The van der Waals surface area contributed by atoms with E-state index < -0.39 is 0 Å². The van der Waals surface area contributed by atoms with Gasteiger partial charge in [-0.3, -0.25) is 0 Å². The van der Waals surface area contributed by atoms with Crippen molar-refractivity contribution in [3.05, 3.63) is 65.4 Å². The summed E-state index contributed by atoms with van der Waals surface area (Å²) in [4.78, 5) is 0. The van der Waals surface area contributed by atoms with E-state index in [0.717, 1.165) is 41.0 Å². The van der Waals surface area contributed by atoms with Crippen LogP contribution in [0.15, 0.2) is 59.8 Å². The fraction of sp³-hybridized carbons (Fsp3) is 0.250. The molecule has 4 rings (SSSR count). The summed E-state index contributed by atoms with van der Waals surface area (Å²) in [6.07, 6.45) is 0.852. The van der Waals surface area contributed by atoms with E-state index in [9.17, 15) is 0 Å². The second-order valence-corrected chi connectivity index (χ2v) is 7.82. The molecule has 4 aromatic rings. The van der Waals surface area contributed by atoms with Crippen LogP contribution < -0.4 is 0 Å². The Balaban J connectivity index is 1.57. The van der Waals surface area contributed by atoms with Crippen LogP contribution in [0, 0.1) is 0 Å². The van der Waals surface area contributed by atoms with E-state index in [1.165, 1.54) is 0 Å². The zero-order chi connectivity index (χ0) is 20.8. The van der Waals surface area contributed by atoms with Gasteiger partial charge in [0.15, 0.2) is 16.8 Å². The molecule has 10 heteroatoms. The second-order valence-electron chi connectivity index (χ2n) is 6.44. The Bertz CT molecular complexity index is 1080. The summed E-state index contributed by atoms with van der Waals surface area (Å²) >= 11 is 7.58. The van der Waals surface area contributed by atoms with Gasteiger partial charge < -0.3 is 9.30 Å². The number of thioether (sulfide) groups is 1. The molecule has 2 aromatic heterocycles. The largest absolute Gasteiger partial charge is 0.385 e. The average Bonchev–Trinajstić information content (AvgIpc) is 3.41. The second kappa shape index (κ2) is 9.84. The highest BCUT2D eigenvalue weighted by Crippen LogP contribution is 2.27. The molecule has 154 valence electrons. The maximum atomic E-state index is 6.03. The first kappa shape index (κ1) is 20.5. The fourth-order valence-corrected chi connectivity index (χ4v) is 3.97. The molecule has 0 fully saturated rings. The van der Waals surface area contributed by atoms with Crippen LogP contribution in [0.2, 0.25) is 5.02 Å². The molecule has 0 unspecified atom stereocenters. The molecule has 0 N–H and O–H groups in total. The minimum Gasteiger partial charge on any atom is -0.385 e. The van der Waals surface area contributed by atoms with Crippen molar-refractivity contribution in [1.82, 2.24) is 35.0 Å². The number of tetrazole rings is 1. The summed E-state index contributed by atoms with van der Waals surface area (Å²) in [5.74, 6) is 2.10. The molecule has 2 aromatic carbocycles. The minimum atomic E-state index is 0.560. The Morgan fingerprint density at radius 1 is 1.00 bits per heavy atom. The van der Waals surface area contributed by atoms with E-state index in [1.807, 2.05) is 54.6 Å². The molecule has 0 atom stereocenters. The van der Waals surface area contributed by atoms with Gasteiger partial charge in [0.25, 0.3) is 0 Å². The number of para-hydroxylation sites is 1. The van der Waals surface area contributed by atoms with Crippen LogP contribution >= 0.6 is 23.4 Å². The summed E-state index contributed by atoms with van der Waals surface area (Å²) in [5.41, 5.74) is 1.88. The van der Waals surface area contributed by atoms with Gasteiger partial charge in [-0.25, -0.2) is 0 Å². The highest BCUT2D eigenvalue weighted by molar-refractivity contribution is 7.98.